The lowest BCUT2D eigenvalue weighted by atomic mass is 10.0. The quantitative estimate of drug-likeness (QED) is 0.795. The first kappa shape index (κ1) is 12.6. The van der Waals surface area contributed by atoms with Gasteiger partial charge in [0.25, 0.3) is 0 Å². The fraction of sp³-hybridized carbons (Fsp3) is 0.500. The van der Waals surface area contributed by atoms with Gasteiger partial charge in [0, 0.05) is 6.20 Å². The third-order valence-corrected chi connectivity index (χ3v) is 2.29. The molecule has 1 unspecified atom stereocenters. The lowest BCUT2D eigenvalue weighted by molar-refractivity contribution is -0.118. The van der Waals surface area contributed by atoms with Gasteiger partial charge in [-0.3, -0.25) is 4.79 Å². The number of aromatic nitrogens is 1. The SMILES string of the molecule is CNC(CC(C)C)C(=O)Nc1ccccn1. The molecule has 1 rings (SSSR count). The fourth-order valence-corrected chi connectivity index (χ4v) is 1.48. The van der Waals surface area contributed by atoms with Gasteiger partial charge in [-0.25, -0.2) is 4.98 Å². The number of likely N-dealkylation sites (N-methyl/N-ethyl adjacent to an activating group) is 1. The summed E-state index contributed by atoms with van der Waals surface area (Å²) in [6, 6.07) is 5.28. The average Bonchev–Trinajstić information content (AvgIpc) is 2.26. The number of nitrogens with zero attached hydrogens (tertiary/aromatic N) is 1. The van der Waals surface area contributed by atoms with Crippen molar-refractivity contribution < 1.29 is 4.79 Å². The maximum atomic E-state index is 11.9. The molecule has 16 heavy (non-hydrogen) atoms. The molecule has 1 heterocycles. The van der Waals surface area contributed by atoms with Crippen molar-refractivity contribution in [3.63, 3.8) is 0 Å². The second kappa shape index (κ2) is 6.23. The maximum Gasteiger partial charge on any atom is 0.242 e. The van der Waals surface area contributed by atoms with Gasteiger partial charge in [0.05, 0.1) is 6.04 Å². The summed E-state index contributed by atoms with van der Waals surface area (Å²) in [7, 11) is 1.80. The smallest absolute Gasteiger partial charge is 0.242 e. The highest BCUT2D eigenvalue weighted by Gasteiger charge is 2.17. The molecule has 1 aromatic heterocycles. The van der Waals surface area contributed by atoms with E-state index < -0.39 is 0 Å². The van der Waals surface area contributed by atoms with Crippen LogP contribution in [0.5, 0.6) is 0 Å². The normalized spacial score (nSPS) is 12.5. The summed E-state index contributed by atoms with van der Waals surface area (Å²) in [5.74, 6) is 1.04. The van der Waals surface area contributed by atoms with E-state index in [0.29, 0.717) is 11.7 Å². The van der Waals surface area contributed by atoms with Crippen LogP contribution in [-0.4, -0.2) is 24.0 Å². The maximum absolute atomic E-state index is 11.9. The second-order valence-electron chi connectivity index (χ2n) is 4.18. The van der Waals surface area contributed by atoms with Crippen molar-refractivity contribution >= 4 is 11.7 Å². The van der Waals surface area contributed by atoms with Crippen LogP contribution in [0.4, 0.5) is 5.82 Å². The molecule has 0 bridgehead atoms. The molecule has 4 heteroatoms. The molecule has 4 nitrogen and oxygen atoms in total. The van der Waals surface area contributed by atoms with Crippen LogP contribution in [0.3, 0.4) is 0 Å². The van der Waals surface area contributed by atoms with Crippen molar-refractivity contribution in [1.82, 2.24) is 10.3 Å². The molecule has 0 radical (unpaired) electrons. The molecule has 1 aromatic rings. The Morgan fingerprint density at radius 2 is 2.19 bits per heavy atom. The van der Waals surface area contributed by atoms with E-state index in [2.05, 4.69) is 29.5 Å². The predicted molar refractivity (Wildman–Crippen MR) is 65.2 cm³/mol. The third-order valence-electron chi connectivity index (χ3n) is 2.29. The zero-order valence-corrected chi connectivity index (χ0v) is 10.0. The summed E-state index contributed by atoms with van der Waals surface area (Å²) < 4.78 is 0. The van der Waals surface area contributed by atoms with E-state index in [9.17, 15) is 4.79 Å². The van der Waals surface area contributed by atoms with E-state index in [4.69, 9.17) is 0 Å². The van der Waals surface area contributed by atoms with E-state index in [1.807, 2.05) is 12.1 Å². The van der Waals surface area contributed by atoms with Crippen molar-refractivity contribution in [2.24, 2.45) is 5.92 Å². The summed E-state index contributed by atoms with van der Waals surface area (Å²) in [6.45, 7) is 4.19. The molecule has 0 fully saturated rings. The summed E-state index contributed by atoms with van der Waals surface area (Å²) in [6.07, 6.45) is 2.47. The molecule has 88 valence electrons. The molecule has 1 amide bonds. The van der Waals surface area contributed by atoms with Crippen LogP contribution in [0.25, 0.3) is 0 Å². The summed E-state index contributed by atoms with van der Waals surface area (Å²) in [4.78, 5) is 15.9. The number of hydrogen-bond acceptors (Lipinski definition) is 3. The Morgan fingerprint density at radius 1 is 1.44 bits per heavy atom. The van der Waals surface area contributed by atoms with Crippen molar-refractivity contribution in [3.05, 3.63) is 24.4 Å². The van der Waals surface area contributed by atoms with Gasteiger partial charge in [0.15, 0.2) is 0 Å². The highest BCUT2D eigenvalue weighted by Crippen LogP contribution is 2.07. The Labute approximate surface area is 96.5 Å². The first-order valence-electron chi connectivity index (χ1n) is 5.52. The minimum absolute atomic E-state index is 0.0325. The van der Waals surface area contributed by atoms with Crippen LogP contribution in [0.2, 0.25) is 0 Å². The van der Waals surface area contributed by atoms with Gasteiger partial charge < -0.3 is 10.6 Å². The molecule has 0 saturated carbocycles. The Bertz CT molecular complexity index is 324. The van der Waals surface area contributed by atoms with Gasteiger partial charge in [-0.05, 0) is 31.5 Å². The van der Waals surface area contributed by atoms with Gasteiger partial charge in [-0.1, -0.05) is 19.9 Å². The molecular formula is C12H19N3O. The number of pyridine rings is 1. The van der Waals surface area contributed by atoms with Crippen LogP contribution < -0.4 is 10.6 Å². The van der Waals surface area contributed by atoms with Crippen LogP contribution in [0, 0.1) is 5.92 Å². The molecule has 0 aromatic carbocycles. The number of nitrogens with one attached hydrogen (secondary N) is 2. The van der Waals surface area contributed by atoms with E-state index in [1.165, 1.54) is 0 Å². The van der Waals surface area contributed by atoms with Gasteiger partial charge in [0.2, 0.25) is 5.91 Å². The molecule has 1 atom stereocenters. The second-order valence-corrected chi connectivity index (χ2v) is 4.18. The Hall–Kier alpha value is -1.42. The Morgan fingerprint density at radius 3 is 2.69 bits per heavy atom. The van der Waals surface area contributed by atoms with E-state index in [-0.39, 0.29) is 11.9 Å². The van der Waals surface area contributed by atoms with Crippen LogP contribution in [-0.2, 0) is 4.79 Å². The van der Waals surface area contributed by atoms with Crippen molar-refractivity contribution in [2.45, 2.75) is 26.3 Å². The van der Waals surface area contributed by atoms with E-state index in [0.717, 1.165) is 6.42 Å². The summed E-state index contributed by atoms with van der Waals surface area (Å²) in [5, 5.41) is 5.80. The van der Waals surface area contributed by atoms with Crippen molar-refractivity contribution in [3.8, 4) is 0 Å². The van der Waals surface area contributed by atoms with Gasteiger partial charge in [-0.15, -0.1) is 0 Å². The number of rotatable bonds is 5. The number of carbonyl (C=O) groups excluding carboxylic acids is 1. The number of amides is 1. The van der Waals surface area contributed by atoms with Crippen molar-refractivity contribution in [1.29, 1.82) is 0 Å². The fourth-order valence-electron chi connectivity index (χ4n) is 1.48. The zero-order chi connectivity index (χ0) is 12.0. The van der Waals surface area contributed by atoms with Crippen LogP contribution in [0.1, 0.15) is 20.3 Å². The number of anilines is 1. The average molecular weight is 221 g/mol. The first-order valence-corrected chi connectivity index (χ1v) is 5.52. The molecular weight excluding hydrogens is 202 g/mol. The molecule has 0 aliphatic heterocycles. The highest BCUT2D eigenvalue weighted by atomic mass is 16.2. The Balaban J connectivity index is 2.56. The molecule has 2 N–H and O–H groups in total. The standard InChI is InChI=1S/C12H19N3O/c1-9(2)8-10(13-3)12(16)15-11-6-4-5-7-14-11/h4-7,9-10,13H,8H2,1-3H3,(H,14,15,16). The lowest BCUT2D eigenvalue weighted by Gasteiger charge is -2.17. The molecule has 0 spiro atoms. The van der Waals surface area contributed by atoms with E-state index >= 15 is 0 Å². The minimum Gasteiger partial charge on any atom is -0.309 e. The summed E-state index contributed by atoms with van der Waals surface area (Å²) >= 11 is 0. The highest BCUT2D eigenvalue weighted by molar-refractivity contribution is 5.93. The van der Waals surface area contributed by atoms with Gasteiger partial charge in [0.1, 0.15) is 5.82 Å². The Kier molecular flexibility index (Phi) is 4.92. The van der Waals surface area contributed by atoms with Crippen molar-refractivity contribution in [2.75, 3.05) is 12.4 Å². The molecule has 0 aliphatic rings. The number of carbonyl (C=O) groups is 1. The number of hydrogen-bond donors (Lipinski definition) is 2. The topological polar surface area (TPSA) is 54.0 Å². The lowest BCUT2D eigenvalue weighted by Crippen LogP contribution is -2.39. The molecule has 0 aliphatic carbocycles. The molecule has 0 saturated heterocycles. The predicted octanol–water partition coefficient (Wildman–Crippen LogP) is 1.65. The first-order chi connectivity index (χ1) is 7.63. The zero-order valence-electron chi connectivity index (χ0n) is 10.0. The van der Waals surface area contributed by atoms with Crippen LogP contribution in [0.15, 0.2) is 24.4 Å². The minimum atomic E-state index is -0.165. The van der Waals surface area contributed by atoms with E-state index in [1.54, 1.807) is 19.3 Å². The van der Waals surface area contributed by atoms with Gasteiger partial charge in [-0.2, -0.15) is 0 Å². The monoisotopic (exact) mass is 221 g/mol. The van der Waals surface area contributed by atoms with Crippen LogP contribution >= 0.6 is 0 Å². The van der Waals surface area contributed by atoms with Gasteiger partial charge >= 0.3 is 0 Å². The summed E-state index contributed by atoms with van der Waals surface area (Å²) in [5.41, 5.74) is 0. The largest absolute Gasteiger partial charge is 0.309 e. The third kappa shape index (κ3) is 3.98.